The van der Waals surface area contributed by atoms with E-state index in [2.05, 4.69) is 40.5 Å². The highest BCUT2D eigenvalue weighted by molar-refractivity contribution is 7.15. The maximum absolute atomic E-state index is 13.5. The number of benzene rings is 10. The average molecular weight is 1820 g/mol. The number of halogens is 1. The van der Waals surface area contributed by atoms with E-state index in [0.717, 1.165) is 147 Å². The van der Waals surface area contributed by atoms with Gasteiger partial charge in [-0.2, -0.15) is 20.4 Å². The van der Waals surface area contributed by atoms with Crippen LogP contribution in [0.15, 0.2) is 310 Å². The molecular weight excluding hydrogens is 1710 g/mol. The van der Waals surface area contributed by atoms with Crippen molar-refractivity contribution in [2.75, 3.05) is 45.2 Å². The average Bonchev–Trinajstić information content (AvgIpc) is 1.71. The first-order chi connectivity index (χ1) is 65.8. The maximum atomic E-state index is 13.5. The Hall–Kier alpha value is -15.7. The number of carbonyl (C=O) groups excluding carboxylic acids is 6. The number of carbonyl (C=O) groups is 6. The highest BCUT2D eigenvalue weighted by Gasteiger charge is 2.31. The summed E-state index contributed by atoms with van der Waals surface area (Å²) in [5.41, 5.74) is 23.1. The largest absolute Gasteiger partial charge is 0.465 e. The van der Waals surface area contributed by atoms with Crippen molar-refractivity contribution in [3.05, 3.63) is 371 Å². The zero-order valence-corrected chi connectivity index (χ0v) is 76.8. The Morgan fingerprint density at radius 1 is 0.370 bits per heavy atom. The molecular formula is C109H104FN17O7S. The van der Waals surface area contributed by atoms with Gasteiger partial charge in [-0.3, -0.25) is 43.2 Å². The summed E-state index contributed by atoms with van der Waals surface area (Å²) in [4.78, 5) is 99.5. The van der Waals surface area contributed by atoms with E-state index in [0.29, 0.717) is 88.2 Å². The third kappa shape index (κ3) is 22.6. The van der Waals surface area contributed by atoms with Crippen molar-refractivity contribution >= 4 is 52.1 Å². The molecule has 24 nitrogen and oxygen atoms in total. The third-order valence-corrected chi connectivity index (χ3v) is 25.2. The molecule has 6 aromatic heterocycles. The molecule has 0 saturated heterocycles. The summed E-state index contributed by atoms with van der Waals surface area (Å²) in [6, 6.07) is 98.6. The predicted molar refractivity (Wildman–Crippen MR) is 523 cm³/mol. The molecule has 0 aliphatic carbocycles. The van der Waals surface area contributed by atoms with Gasteiger partial charge in [-0.05, 0) is 126 Å². The van der Waals surface area contributed by atoms with Gasteiger partial charge in [-0.1, -0.05) is 280 Å². The molecule has 26 heteroatoms. The molecule has 10 heterocycles. The summed E-state index contributed by atoms with van der Waals surface area (Å²) in [5, 5.41) is 25.3. The fourth-order valence-electron chi connectivity index (χ4n) is 17.1. The number of urea groups is 1. The molecule has 0 bridgehead atoms. The van der Waals surface area contributed by atoms with Gasteiger partial charge in [0.25, 0.3) is 0 Å². The molecule has 0 saturated carbocycles. The van der Waals surface area contributed by atoms with Crippen LogP contribution in [0, 0.1) is 5.82 Å². The number of aromatic nitrogens is 11. The van der Waals surface area contributed by atoms with Gasteiger partial charge in [0.1, 0.15) is 37.8 Å². The lowest BCUT2D eigenvalue weighted by atomic mass is 9.99. The molecule has 10 aromatic carbocycles. The summed E-state index contributed by atoms with van der Waals surface area (Å²) in [6.07, 6.45) is 5.41. The predicted octanol–water partition coefficient (Wildman–Crippen LogP) is 19.1. The van der Waals surface area contributed by atoms with E-state index in [-0.39, 0.29) is 73.7 Å². The second-order valence-electron chi connectivity index (χ2n) is 34.2. The van der Waals surface area contributed by atoms with Crippen LogP contribution >= 0.6 is 11.3 Å². The van der Waals surface area contributed by atoms with Crippen LogP contribution in [-0.2, 0) is 102 Å². The summed E-state index contributed by atoms with van der Waals surface area (Å²) in [6.45, 7) is 13.3. The molecule has 4 aliphatic rings. The fraction of sp³-hybridized carbons (Fsp3) is 0.220. The molecule has 6 amide bonds. The minimum atomic E-state index is -0.341. The first-order valence-electron chi connectivity index (χ1n) is 45.6. The molecule has 0 atom stereocenters. The van der Waals surface area contributed by atoms with Crippen LogP contribution in [-0.4, -0.2) is 155 Å². The standard InChI is InChI=1S/C29H27N3O3.C27H28N6O2S.C27H27N5O.C26H22FN3O/c1-35-29(34)25-13-12-21-14-16-31(17-15-24(21)18-25)28(33)20-32-27(23-10-6-3-7-11-23)19-26(30-32)22-8-4-2-5-9-22;1-18(2)28-26(35)30-27-29-21-13-14-32(16-24(21)36-27)25(34)17-33-23(20-11-7-4-8-12-20)15-22(31-33)19-9-5-3-6-10-19;1-19(2)27-28-16-22-17-31(14-13-23(22)29-27)26(33)18-32-25(21-11-7-4-8-12-21)15-24(30-32)20-9-5-3-6-10-20;27-23-12-11-22-17-29(14-13-21(22)15-23)26(31)18-30-25(20-9-5-2-6-10-20)16-24(28-30)19-7-3-1-4-8-19/h2-13,18-19H,14-17,20H2,1H3;3-12,15,18H,13-14,16-17H2,1-2H3,(H2,28,29,30,35);3-12,15-16,19H,13-14,17-18H2,1-2H3;1-12,15-16H,13-14,17-18H2. The highest BCUT2D eigenvalue weighted by atomic mass is 32.1. The molecule has 0 fully saturated rings. The van der Waals surface area contributed by atoms with E-state index in [9.17, 15) is 33.2 Å². The molecule has 0 spiro atoms. The Morgan fingerprint density at radius 3 is 1.12 bits per heavy atom. The molecule has 135 heavy (non-hydrogen) atoms. The van der Waals surface area contributed by atoms with Crippen LogP contribution in [0.2, 0.25) is 0 Å². The van der Waals surface area contributed by atoms with Gasteiger partial charge in [-0.25, -0.2) is 28.9 Å². The van der Waals surface area contributed by atoms with Crippen LogP contribution in [0.1, 0.15) is 93.9 Å². The number of esters is 1. The first kappa shape index (κ1) is 91.2. The molecule has 2 N–H and O–H groups in total. The summed E-state index contributed by atoms with van der Waals surface area (Å²) in [5.74, 6) is 0.689. The van der Waals surface area contributed by atoms with Crippen molar-refractivity contribution in [2.45, 2.75) is 118 Å². The summed E-state index contributed by atoms with van der Waals surface area (Å²) in [7, 11) is 1.39. The van der Waals surface area contributed by atoms with Crippen molar-refractivity contribution < 1.29 is 37.9 Å². The monoisotopic (exact) mass is 1810 g/mol. The van der Waals surface area contributed by atoms with Crippen LogP contribution in [0.5, 0.6) is 0 Å². The number of thiazole rings is 1. The molecule has 0 unspecified atom stereocenters. The number of ether oxygens (including phenoxy) is 1. The fourth-order valence-corrected chi connectivity index (χ4v) is 18.1. The smallest absolute Gasteiger partial charge is 0.337 e. The lowest BCUT2D eigenvalue weighted by Gasteiger charge is -2.29. The minimum Gasteiger partial charge on any atom is -0.465 e. The minimum absolute atomic E-state index is 0.000929. The lowest BCUT2D eigenvalue weighted by Crippen LogP contribution is -2.38. The van der Waals surface area contributed by atoms with Crippen molar-refractivity contribution in [1.29, 1.82) is 0 Å². The topological polar surface area (TPSA) is 259 Å². The second-order valence-corrected chi connectivity index (χ2v) is 35.3. The lowest BCUT2D eigenvalue weighted by molar-refractivity contribution is -0.133. The van der Waals surface area contributed by atoms with Crippen LogP contribution < -0.4 is 10.6 Å². The van der Waals surface area contributed by atoms with E-state index in [4.69, 9.17) is 30.1 Å². The van der Waals surface area contributed by atoms with Crippen molar-refractivity contribution in [2.24, 2.45) is 0 Å². The van der Waals surface area contributed by atoms with E-state index >= 15 is 0 Å². The Kier molecular flexibility index (Phi) is 28.8. The van der Waals surface area contributed by atoms with Crippen molar-refractivity contribution in [3.63, 3.8) is 0 Å². The van der Waals surface area contributed by atoms with Crippen LogP contribution in [0.3, 0.4) is 0 Å². The number of amides is 6. The third-order valence-electron chi connectivity index (χ3n) is 24.2. The first-order valence-corrected chi connectivity index (χ1v) is 46.4. The number of nitrogens with zero attached hydrogens (tertiary/aromatic N) is 15. The Labute approximate surface area is 787 Å². The van der Waals surface area contributed by atoms with E-state index in [1.807, 2.05) is 322 Å². The molecule has 0 radical (unpaired) electrons. The van der Waals surface area contributed by atoms with E-state index < -0.39 is 0 Å². The quantitative estimate of drug-likeness (QED) is 0.0673. The number of anilines is 1. The maximum Gasteiger partial charge on any atom is 0.337 e. The SMILES string of the molecule is CC(C)NC(=O)Nc1nc2c(s1)CN(C(=O)Cn1nc(-c3ccccc3)cc1-c1ccccc1)CC2.CC(C)c1ncc2c(n1)CCN(C(=O)Cn1nc(-c3ccccc3)cc1-c1ccccc1)C2.COC(=O)c1ccc2c(c1)CCN(C(=O)Cn1nc(-c3ccccc3)cc1-c1ccccc1)CC2.O=C(Cn1nc(-c2ccccc2)cc1-c1ccccc1)N1CCc2cc(F)ccc2C1. The number of hydrogen-bond donors (Lipinski definition) is 2. The number of fused-ring (bicyclic) bond motifs is 4. The Bertz CT molecular complexity index is 6830. The van der Waals surface area contributed by atoms with Gasteiger partial charge in [0.15, 0.2) is 5.13 Å². The molecule has 20 rings (SSSR count). The molecule has 4 aliphatic heterocycles. The van der Waals surface area contributed by atoms with Gasteiger partial charge in [0.05, 0.1) is 76.2 Å². The highest BCUT2D eigenvalue weighted by Crippen LogP contribution is 2.35. The summed E-state index contributed by atoms with van der Waals surface area (Å²) >= 11 is 1.42. The normalized spacial score (nSPS) is 13.1. The summed E-state index contributed by atoms with van der Waals surface area (Å²) < 4.78 is 25.6. The number of hydrogen-bond acceptors (Lipinski definition) is 15. The Balaban J connectivity index is 0.000000125. The van der Waals surface area contributed by atoms with Gasteiger partial charge in [-0.15, -0.1) is 0 Å². The zero-order valence-electron chi connectivity index (χ0n) is 76.0. The van der Waals surface area contributed by atoms with E-state index in [1.165, 1.54) is 30.1 Å². The van der Waals surface area contributed by atoms with Crippen LogP contribution in [0.4, 0.5) is 14.3 Å². The zero-order chi connectivity index (χ0) is 93.3. The van der Waals surface area contributed by atoms with E-state index in [1.54, 1.807) is 27.6 Å². The number of nitrogens with one attached hydrogen (secondary N) is 2. The number of methoxy groups -OCH3 is 1. The molecule has 16 aromatic rings. The second kappa shape index (κ2) is 42.7. The molecule has 680 valence electrons. The number of rotatable bonds is 20. The van der Waals surface area contributed by atoms with Gasteiger partial charge < -0.3 is 29.7 Å². The van der Waals surface area contributed by atoms with Crippen molar-refractivity contribution in [1.82, 2.24) is 79.0 Å². The van der Waals surface area contributed by atoms with Gasteiger partial charge in [0, 0.05) is 110 Å². The Morgan fingerprint density at radius 2 is 0.719 bits per heavy atom. The van der Waals surface area contributed by atoms with Crippen molar-refractivity contribution in [3.8, 4) is 90.1 Å². The van der Waals surface area contributed by atoms with Gasteiger partial charge in [0.2, 0.25) is 23.6 Å². The van der Waals surface area contributed by atoms with Gasteiger partial charge >= 0.3 is 12.0 Å². The van der Waals surface area contributed by atoms with Crippen LogP contribution in [0.25, 0.3) is 90.1 Å².